The summed E-state index contributed by atoms with van der Waals surface area (Å²) < 4.78 is 5.00. The number of H-pyrrole nitrogens is 1. The van der Waals surface area contributed by atoms with Crippen LogP contribution in [0.4, 0.5) is 5.82 Å². The maximum atomic E-state index is 13.2. The highest BCUT2D eigenvalue weighted by molar-refractivity contribution is 7.98. The van der Waals surface area contributed by atoms with Gasteiger partial charge in [-0.1, -0.05) is 65.8 Å². The molecule has 1 aromatic heterocycles. The molecule has 0 bridgehead atoms. The van der Waals surface area contributed by atoms with Crippen LogP contribution >= 0.6 is 23.4 Å². The molecule has 0 saturated heterocycles. The van der Waals surface area contributed by atoms with Gasteiger partial charge in [-0.15, -0.1) is 0 Å². The molecule has 0 spiro atoms. The van der Waals surface area contributed by atoms with Crippen LogP contribution in [0.15, 0.2) is 75.8 Å². The van der Waals surface area contributed by atoms with Crippen molar-refractivity contribution in [2.24, 2.45) is 0 Å². The summed E-state index contributed by atoms with van der Waals surface area (Å²) in [4.78, 5) is 33.3. The summed E-state index contributed by atoms with van der Waals surface area (Å²) in [5.41, 5.74) is 2.91. The van der Waals surface area contributed by atoms with Crippen LogP contribution in [-0.4, -0.2) is 23.0 Å². The summed E-state index contributed by atoms with van der Waals surface area (Å²) >= 11 is 7.48. The molecule has 1 atom stereocenters. The van der Waals surface area contributed by atoms with Gasteiger partial charge in [0.1, 0.15) is 5.82 Å². The lowest BCUT2D eigenvalue weighted by atomic mass is 9.82. The Hall–Kier alpha value is -3.03. The molecule has 0 radical (unpaired) electrons. The van der Waals surface area contributed by atoms with Crippen LogP contribution < -0.4 is 10.9 Å². The van der Waals surface area contributed by atoms with Gasteiger partial charge in [0.15, 0.2) is 5.16 Å². The number of anilines is 1. The molecule has 6 nitrogen and oxygen atoms in total. The van der Waals surface area contributed by atoms with Gasteiger partial charge in [-0.2, -0.15) is 0 Å². The SMILES string of the molecule is COC(=O)C1=C(C)Nc2nc(SCc3ccccc3)[nH]c(=O)c2[C@H]1c1ccc(Cl)cc1. The van der Waals surface area contributed by atoms with E-state index in [1.807, 2.05) is 30.3 Å². The highest BCUT2D eigenvalue weighted by atomic mass is 35.5. The summed E-state index contributed by atoms with van der Waals surface area (Å²) in [6.45, 7) is 1.78. The summed E-state index contributed by atoms with van der Waals surface area (Å²) in [5, 5.41) is 4.20. The van der Waals surface area contributed by atoms with E-state index in [4.69, 9.17) is 16.3 Å². The lowest BCUT2D eigenvalue weighted by Crippen LogP contribution is -2.30. The molecule has 0 aliphatic carbocycles. The van der Waals surface area contributed by atoms with E-state index >= 15 is 0 Å². The number of carbonyl (C=O) groups is 1. The molecular formula is C23H20ClN3O3S. The molecule has 4 rings (SSSR count). The van der Waals surface area contributed by atoms with Crippen molar-refractivity contribution in [2.75, 3.05) is 12.4 Å². The second-order valence-electron chi connectivity index (χ2n) is 7.05. The molecule has 1 aliphatic rings. The van der Waals surface area contributed by atoms with E-state index in [0.717, 1.165) is 11.1 Å². The normalized spacial score (nSPS) is 15.3. The van der Waals surface area contributed by atoms with E-state index in [0.29, 0.717) is 38.6 Å². The second-order valence-corrected chi connectivity index (χ2v) is 8.45. The smallest absolute Gasteiger partial charge is 0.336 e. The fourth-order valence-corrected chi connectivity index (χ4v) is 4.54. The predicted octanol–water partition coefficient (Wildman–Crippen LogP) is 4.72. The molecule has 31 heavy (non-hydrogen) atoms. The van der Waals surface area contributed by atoms with Gasteiger partial charge in [0.2, 0.25) is 0 Å². The van der Waals surface area contributed by atoms with Gasteiger partial charge in [0.25, 0.3) is 5.56 Å². The van der Waals surface area contributed by atoms with Gasteiger partial charge in [-0.3, -0.25) is 4.79 Å². The van der Waals surface area contributed by atoms with E-state index in [-0.39, 0.29) is 5.56 Å². The molecule has 2 aromatic carbocycles. The van der Waals surface area contributed by atoms with Crippen molar-refractivity contribution < 1.29 is 9.53 Å². The first-order valence-corrected chi connectivity index (χ1v) is 11.0. The second kappa shape index (κ2) is 8.99. The Labute approximate surface area is 188 Å². The van der Waals surface area contributed by atoms with Gasteiger partial charge >= 0.3 is 5.97 Å². The Balaban J connectivity index is 1.77. The number of hydrogen-bond acceptors (Lipinski definition) is 6. The Morgan fingerprint density at radius 1 is 1.16 bits per heavy atom. The number of rotatable bonds is 5. The number of esters is 1. The monoisotopic (exact) mass is 453 g/mol. The summed E-state index contributed by atoms with van der Waals surface area (Å²) in [7, 11) is 1.32. The standard InChI is InChI=1S/C23H20ClN3O3S/c1-13-17(22(29)30-2)18(15-8-10-16(24)11-9-15)19-20(25-13)26-23(27-21(19)28)31-12-14-6-4-3-5-7-14/h3-11,18H,12H2,1-2H3,(H2,25,26,27,28)/t18-/m0/s1. The minimum absolute atomic E-state index is 0.304. The first-order chi connectivity index (χ1) is 15.0. The van der Waals surface area contributed by atoms with Gasteiger partial charge < -0.3 is 15.0 Å². The Kier molecular flexibility index (Phi) is 6.15. The van der Waals surface area contributed by atoms with Crippen molar-refractivity contribution in [1.29, 1.82) is 0 Å². The molecule has 0 unspecified atom stereocenters. The molecule has 0 amide bonds. The number of ether oxygens (including phenoxy) is 1. The fraction of sp³-hybridized carbons (Fsp3) is 0.174. The van der Waals surface area contributed by atoms with Gasteiger partial charge in [-0.25, -0.2) is 9.78 Å². The lowest BCUT2D eigenvalue weighted by molar-refractivity contribution is -0.136. The van der Waals surface area contributed by atoms with Crippen LogP contribution in [0, 0.1) is 0 Å². The molecule has 0 saturated carbocycles. The van der Waals surface area contributed by atoms with Crippen LogP contribution in [0.3, 0.4) is 0 Å². The molecule has 158 valence electrons. The Morgan fingerprint density at radius 2 is 1.87 bits per heavy atom. The van der Waals surface area contributed by atoms with E-state index in [1.165, 1.54) is 18.9 Å². The third-order valence-corrected chi connectivity index (χ3v) is 6.24. The number of hydrogen-bond donors (Lipinski definition) is 2. The number of nitrogens with one attached hydrogen (secondary N) is 2. The van der Waals surface area contributed by atoms with Gasteiger partial charge in [0, 0.05) is 16.5 Å². The number of fused-ring (bicyclic) bond motifs is 1. The Bertz CT molecular complexity index is 1210. The Morgan fingerprint density at radius 3 is 2.55 bits per heavy atom. The largest absolute Gasteiger partial charge is 0.466 e. The topological polar surface area (TPSA) is 84.1 Å². The highest BCUT2D eigenvalue weighted by Crippen LogP contribution is 2.40. The molecular weight excluding hydrogens is 434 g/mol. The summed E-state index contributed by atoms with van der Waals surface area (Å²) in [5.74, 6) is -0.0156. The van der Waals surface area contributed by atoms with Gasteiger partial charge in [0.05, 0.1) is 24.2 Å². The van der Waals surface area contributed by atoms with E-state index in [9.17, 15) is 9.59 Å². The van der Waals surface area contributed by atoms with Crippen LogP contribution in [0.25, 0.3) is 0 Å². The predicted molar refractivity (Wildman–Crippen MR) is 122 cm³/mol. The maximum Gasteiger partial charge on any atom is 0.336 e. The van der Waals surface area contributed by atoms with Crippen molar-refractivity contribution >= 4 is 35.1 Å². The van der Waals surface area contributed by atoms with Crippen molar-refractivity contribution in [3.8, 4) is 0 Å². The van der Waals surface area contributed by atoms with E-state index in [1.54, 1.807) is 31.2 Å². The van der Waals surface area contributed by atoms with Crippen LogP contribution in [0.1, 0.15) is 29.5 Å². The summed E-state index contributed by atoms with van der Waals surface area (Å²) in [6.07, 6.45) is 0. The van der Waals surface area contributed by atoms with Crippen molar-refractivity contribution in [3.05, 3.63) is 97.9 Å². The van der Waals surface area contributed by atoms with Crippen LogP contribution in [0.2, 0.25) is 5.02 Å². The molecule has 3 aromatic rings. The van der Waals surface area contributed by atoms with Crippen LogP contribution in [0.5, 0.6) is 0 Å². The van der Waals surface area contributed by atoms with Crippen molar-refractivity contribution in [3.63, 3.8) is 0 Å². The maximum absolute atomic E-state index is 13.2. The fourth-order valence-electron chi connectivity index (χ4n) is 3.59. The zero-order valence-corrected chi connectivity index (χ0v) is 18.5. The number of aromatic nitrogens is 2. The van der Waals surface area contributed by atoms with E-state index in [2.05, 4.69) is 15.3 Å². The number of nitrogens with zero attached hydrogens (tertiary/aromatic N) is 1. The van der Waals surface area contributed by atoms with Crippen molar-refractivity contribution in [1.82, 2.24) is 9.97 Å². The number of halogens is 1. The summed E-state index contributed by atoms with van der Waals surface area (Å²) in [6, 6.07) is 17.0. The first kappa shape index (κ1) is 21.2. The average molecular weight is 454 g/mol. The third-order valence-electron chi connectivity index (χ3n) is 5.05. The minimum atomic E-state index is -0.620. The van der Waals surface area contributed by atoms with Gasteiger partial charge in [-0.05, 0) is 30.2 Å². The zero-order chi connectivity index (χ0) is 22.0. The molecule has 1 aliphatic heterocycles. The first-order valence-electron chi connectivity index (χ1n) is 9.60. The van der Waals surface area contributed by atoms with Crippen LogP contribution in [-0.2, 0) is 15.3 Å². The van der Waals surface area contributed by atoms with E-state index < -0.39 is 11.9 Å². The molecule has 2 N–H and O–H groups in total. The number of thioether (sulfide) groups is 1. The zero-order valence-electron chi connectivity index (χ0n) is 16.9. The third kappa shape index (κ3) is 4.38. The number of methoxy groups -OCH3 is 1. The highest BCUT2D eigenvalue weighted by Gasteiger charge is 2.36. The molecule has 8 heteroatoms. The number of aromatic amines is 1. The minimum Gasteiger partial charge on any atom is -0.466 e. The quantitative estimate of drug-likeness (QED) is 0.330. The number of allylic oxidation sites excluding steroid dienone is 1. The molecule has 0 fully saturated rings. The molecule has 2 heterocycles. The van der Waals surface area contributed by atoms with Crippen molar-refractivity contribution in [2.45, 2.75) is 23.8 Å². The number of benzene rings is 2. The number of carbonyl (C=O) groups excluding carboxylic acids is 1. The average Bonchev–Trinajstić information content (AvgIpc) is 2.77. The lowest BCUT2D eigenvalue weighted by Gasteiger charge is -2.28.